The van der Waals surface area contributed by atoms with Crippen molar-refractivity contribution >= 4 is 22.7 Å². The van der Waals surface area contributed by atoms with Crippen molar-refractivity contribution in [1.29, 1.82) is 0 Å². The Kier molecular flexibility index (Phi) is 5.59. The Bertz CT molecular complexity index is 553. The van der Waals surface area contributed by atoms with Crippen LogP contribution in [0.2, 0.25) is 0 Å². The van der Waals surface area contributed by atoms with E-state index in [9.17, 15) is 0 Å². The van der Waals surface area contributed by atoms with Crippen LogP contribution in [0.5, 0.6) is 0 Å². The number of aliphatic hydroxyl groups is 1. The van der Waals surface area contributed by atoms with Crippen LogP contribution in [0.1, 0.15) is 30.6 Å². The minimum absolute atomic E-state index is 0.175. The maximum absolute atomic E-state index is 9.07. The van der Waals surface area contributed by atoms with Crippen molar-refractivity contribution in [3.63, 3.8) is 0 Å². The van der Waals surface area contributed by atoms with Crippen molar-refractivity contribution in [2.45, 2.75) is 26.8 Å². The normalized spacial score (nSPS) is 12.2. The average molecular weight is 305 g/mol. The zero-order chi connectivity index (χ0) is 15.2. The predicted octanol–water partition coefficient (Wildman–Crippen LogP) is 3.44. The van der Waals surface area contributed by atoms with Gasteiger partial charge < -0.3 is 15.3 Å². The molecule has 2 rings (SSSR count). The van der Waals surface area contributed by atoms with E-state index in [1.807, 2.05) is 6.92 Å². The molecule has 0 fully saturated rings. The Balaban J connectivity index is 2.02. The lowest BCUT2D eigenvalue weighted by atomic mass is 10.2. The SMILES string of the molecule is CCN(CCO)c1ccc(NC(C)c2csc(C)n2)cc1. The van der Waals surface area contributed by atoms with Crippen LogP contribution in [-0.4, -0.2) is 29.8 Å². The first-order valence-corrected chi connectivity index (χ1v) is 8.16. The van der Waals surface area contributed by atoms with Crippen molar-refractivity contribution in [2.24, 2.45) is 0 Å². The quantitative estimate of drug-likeness (QED) is 0.822. The van der Waals surface area contributed by atoms with Crippen LogP contribution in [0.4, 0.5) is 11.4 Å². The van der Waals surface area contributed by atoms with Gasteiger partial charge in [-0.15, -0.1) is 11.3 Å². The molecule has 21 heavy (non-hydrogen) atoms. The fourth-order valence-corrected chi connectivity index (χ4v) is 2.97. The maximum atomic E-state index is 9.07. The van der Waals surface area contributed by atoms with Crippen molar-refractivity contribution in [3.8, 4) is 0 Å². The number of anilines is 2. The molecule has 1 aromatic carbocycles. The van der Waals surface area contributed by atoms with E-state index in [1.54, 1.807) is 11.3 Å². The minimum atomic E-state index is 0.175. The molecule has 0 aliphatic heterocycles. The molecule has 0 saturated carbocycles. The minimum Gasteiger partial charge on any atom is -0.395 e. The summed E-state index contributed by atoms with van der Waals surface area (Å²) in [5.74, 6) is 0. The number of hydrogen-bond acceptors (Lipinski definition) is 5. The van der Waals surface area contributed by atoms with Crippen molar-refractivity contribution in [1.82, 2.24) is 4.98 Å². The summed E-state index contributed by atoms with van der Waals surface area (Å²) >= 11 is 1.68. The molecule has 0 aliphatic rings. The third-order valence-corrected chi connectivity index (χ3v) is 4.24. The van der Waals surface area contributed by atoms with Crippen LogP contribution < -0.4 is 10.2 Å². The molecule has 1 heterocycles. The highest BCUT2D eigenvalue weighted by Crippen LogP contribution is 2.23. The fourth-order valence-electron chi connectivity index (χ4n) is 2.26. The van der Waals surface area contributed by atoms with Crippen molar-refractivity contribution < 1.29 is 5.11 Å². The van der Waals surface area contributed by atoms with Gasteiger partial charge in [0.2, 0.25) is 0 Å². The molecule has 0 spiro atoms. The first-order chi connectivity index (χ1) is 10.1. The zero-order valence-corrected chi connectivity index (χ0v) is 13.7. The Labute approximate surface area is 130 Å². The molecule has 2 aromatic rings. The van der Waals surface area contributed by atoms with Gasteiger partial charge in [0.05, 0.1) is 23.4 Å². The van der Waals surface area contributed by atoms with Crippen LogP contribution >= 0.6 is 11.3 Å². The van der Waals surface area contributed by atoms with Gasteiger partial charge in [-0.1, -0.05) is 0 Å². The number of nitrogens with one attached hydrogen (secondary N) is 1. The van der Waals surface area contributed by atoms with Crippen LogP contribution in [0.15, 0.2) is 29.6 Å². The molecule has 5 heteroatoms. The lowest BCUT2D eigenvalue weighted by Gasteiger charge is -2.22. The molecule has 1 aromatic heterocycles. The largest absolute Gasteiger partial charge is 0.395 e. The summed E-state index contributed by atoms with van der Waals surface area (Å²) in [5.41, 5.74) is 3.29. The standard InChI is InChI=1S/C16H23N3OS/c1-4-19(9-10-20)15-7-5-14(6-8-15)17-12(2)16-11-21-13(3)18-16/h5-8,11-12,17,20H,4,9-10H2,1-3H3. The second kappa shape index (κ2) is 7.43. The van der Waals surface area contributed by atoms with E-state index in [-0.39, 0.29) is 12.6 Å². The van der Waals surface area contributed by atoms with Gasteiger partial charge in [-0.2, -0.15) is 0 Å². The first-order valence-electron chi connectivity index (χ1n) is 7.28. The number of aliphatic hydroxyl groups excluding tert-OH is 1. The van der Waals surface area contributed by atoms with E-state index in [0.29, 0.717) is 6.54 Å². The van der Waals surface area contributed by atoms with Crippen LogP contribution in [0, 0.1) is 6.92 Å². The monoisotopic (exact) mass is 305 g/mol. The molecular weight excluding hydrogens is 282 g/mol. The lowest BCUT2D eigenvalue weighted by molar-refractivity contribution is 0.302. The summed E-state index contributed by atoms with van der Waals surface area (Å²) in [4.78, 5) is 6.66. The van der Waals surface area contributed by atoms with Crippen molar-refractivity contribution in [2.75, 3.05) is 29.9 Å². The molecule has 0 bridgehead atoms. The van der Waals surface area contributed by atoms with E-state index in [0.717, 1.165) is 28.6 Å². The van der Waals surface area contributed by atoms with Crippen LogP contribution in [0.25, 0.3) is 0 Å². The molecule has 4 nitrogen and oxygen atoms in total. The van der Waals surface area contributed by atoms with E-state index < -0.39 is 0 Å². The molecule has 0 radical (unpaired) electrons. The summed E-state index contributed by atoms with van der Waals surface area (Å²) < 4.78 is 0. The molecule has 0 amide bonds. The van der Waals surface area contributed by atoms with Gasteiger partial charge in [-0.3, -0.25) is 0 Å². The summed E-state index contributed by atoms with van der Waals surface area (Å²) in [7, 11) is 0. The number of aromatic nitrogens is 1. The van der Waals surface area contributed by atoms with Crippen LogP contribution in [-0.2, 0) is 0 Å². The van der Waals surface area contributed by atoms with Gasteiger partial charge in [0.25, 0.3) is 0 Å². The molecule has 1 atom stereocenters. The zero-order valence-electron chi connectivity index (χ0n) is 12.8. The summed E-state index contributed by atoms with van der Waals surface area (Å²) in [6.07, 6.45) is 0. The Morgan fingerprint density at radius 3 is 2.57 bits per heavy atom. The lowest BCUT2D eigenvalue weighted by Crippen LogP contribution is -2.25. The van der Waals surface area contributed by atoms with E-state index in [4.69, 9.17) is 5.11 Å². The second-order valence-corrected chi connectivity index (χ2v) is 6.07. The third-order valence-electron chi connectivity index (χ3n) is 3.45. The highest BCUT2D eigenvalue weighted by Gasteiger charge is 2.09. The number of rotatable bonds is 7. The Hall–Kier alpha value is -1.59. The van der Waals surface area contributed by atoms with Gasteiger partial charge >= 0.3 is 0 Å². The Morgan fingerprint density at radius 1 is 1.33 bits per heavy atom. The second-order valence-electron chi connectivity index (χ2n) is 5.01. The first kappa shape index (κ1) is 15.8. The molecule has 1 unspecified atom stereocenters. The number of benzene rings is 1. The summed E-state index contributed by atoms with van der Waals surface area (Å²) in [6, 6.07) is 8.51. The van der Waals surface area contributed by atoms with E-state index in [1.165, 1.54) is 0 Å². The van der Waals surface area contributed by atoms with Gasteiger partial charge in [0.1, 0.15) is 0 Å². The van der Waals surface area contributed by atoms with E-state index >= 15 is 0 Å². The van der Waals surface area contributed by atoms with Gasteiger partial charge in [0, 0.05) is 29.8 Å². The predicted molar refractivity (Wildman–Crippen MR) is 90.3 cm³/mol. The summed E-state index contributed by atoms with van der Waals surface area (Å²) in [5, 5.41) is 15.7. The number of hydrogen-bond donors (Lipinski definition) is 2. The van der Waals surface area contributed by atoms with Gasteiger partial charge in [-0.05, 0) is 45.0 Å². The van der Waals surface area contributed by atoms with Crippen LogP contribution in [0.3, 0.4) is 0 Å². The van der Waals surface area contributed by atoms with E-state index in [2.05, 4.69) is 58.7 Å². The Morgan fingerprint density at radius 2 is 2.05 bits per heavy atom. The molecule has 2 N–H and O–H groups in total. The molecular formula is C16H23N3OS. The number of thiazole rings is 1. The number of aryl methyl sites for hydroxylation is 1. The van der Waals surface area contributed by atoms with Gasteiger partial charge in [0.15, 0.2) is 0 Å². The molecule has 114 valence electrons. The molecule has 0 aliphatic carbocycles. The average Bonchev–Trinajstić information content (AvgIpc) is 2.92. The number of likely N-dealkylation sites (N-methyl/N-ethyl adjacent to an activating group) is 1. The highest BCUT2D eigenvalue weighted by molar-refractivity contribution is 7.09. The smallest absolute Gasteiger partial charge is 0.0898 e. The maximum Gasteiger partial charge on any atom is 0.0898 e. The third kappa shape index (κ3) is 4.19. The highest BCUT2D eigenvalue weighted by atomic mass is 32.1. The summed E-state index contributed by atoms with van der Waals surface area (Å²) in [6.45, 7) is 7.96. The fraction of sp³-hybridized carbons (Fsp3) is 0.438. The van der Waals surface area contributed by atoms with Crippen molar-refractivity contribution in [3.05, 3.63) is 40.3 Å². The molecule has 0 saturated heterocycles. The number of nitrogens with zero attached hydrogens (tertiary/aromatic N) is 2. The van der Waals surface area contributed by atoms with Gasteiger partial charge in [-0.25, -0.2) is 4.98 Å². The topological polar surface area (TPSA) is 48.4 Å².